The SMILES string of the molecule is CC(C)(CCc1ccc(C(N)=O)cc1)NCC(O)c1ccccc1F.Cl. The van der Waals surface area contributed by atoms with Gasteiger partial charge in [0.05, 0.1) is 6.10 Å². The van der Waals surface area contributed by atoms with Crippen molar-refractivity contribution in [3.8, 4) is 0 Å². The standard InChI is InChI=1S/C20H25FN2O2.ClH/c1-20(2,12-11-14-7-9-15(10-8-14)19(22)25)23-13-18(24)16-5-3-4-6-17(16)21;/h3-10,18,23-24H,11-13H2,1-2H3,(H2,22,25);1H. The fourth-order valence-electron chi connectivity index (χ4n) is 2.61. The molecule has 0 fully saturated rings. The molecule has 1 amide bonds. The molecule has 0 aliphatic heterocycles. The third-order valence-electron chi connectivity index (χ3n) is 4.32. The lowest BCUT2D eigenvalue weighted by Gasteiger charge is -2.28. The molecule has 0 aliphatic rings. The lowest BCUT2D eigenvalue weighted by molar-refractivity contribution is 0.1000. The number of nitrogens with two attached hydrogens (primary N) is 1. The van der Waals surface area contributed by atoms with Gasteiger partial charge >= 0.3 is 0 Å². The van der Waals surface area contributed by atoms with E-state index in [2.05, 4.69) is 5.32 Å². The first-order chi connectivity index (χ1) is 11.8. The maximum Gasteiger partial charge on any atom is 0.248 e. The number of β-amino-alcohol motifs (C(OH)–C–C–N with tert-alkyl or cyclic N) is 1. The van der Waals surface area contributed by atoms with Crippen LogP contribution in [-0.2, 0) is 6.42 Å². The van der Waals surface area contributed by atoms with Crippen LogP contribution in [0.1, 0.15) is 47.9 Å². The van der Waals surface area contributed by atoms with Crippen molar-refractivity contribution >= 4 is 18.3 Å². The molecule has 26 heavy (non-hydrogen) atoms. The first kappa shape index (κ1) is 22.1. The minimum atomic E-state index is -0.893. The van der Waals surface area contributed by atoms with Gasteiger partial charge in [0, 0.05) is 23.2 Å². The van der Waals surface area contributed by atoms with Gasteiger partial charge in [0.15, 0.2) is 0 Å². The van der Waals surface area contributed by atoms with Gasteiger partial charge in [0.1, 0.15) is 5.82 Å². The van der Waals surface area contributed by atoms with E-state index in [-0.39, 0.29) is 24.5 Å². The average Bonchev–Trinajstić information content (AvgIpc) is 2.59. The lowest BCUT2D eigenvalue weighted by atomic mass is 9.94. The lowest BCUT2D eigenvalue weighted by Crippen LogP contribution is -2.42. The molecule has 2 rings (SSSR count). The van der Waals surface area contributed by atoms with Gasteiger partial charge in [-0.3, -0.25) is 4.79 Å². The molecule has 6 heteroatoms. The van der Waals surface area contributed by atoms with Gasteiger partial charge in [-0.05, 0) is 50.5 Å². The largest absolute Gasteiger partial charge is 0.387 e. The number of carbonyl (C=O) groups is 1. The van der Waals surface area contributed by atoms with Crippen molar-refractivity contribution in [3.63, 3.8) is 0 Å². The second kappa shape index (κ2) is 9.67. The fourth-order valence-corrected chi connectivity index (χ4v) is 2.61. The molecule has 0 aliphatic carbocycles. The Morgan fingerprint density at radius 1 is 1.19 bits per heavy atom. The Bertz CT molecular complexity index is 720. The second-order valence-electron chi connectivity index (χ2n) is 6.86. The van der Waals surface area contributed by atoms with E-state index >= 15 is 0 Å². The summed E-state index contributed by atoms with van der Waals surface area (Å²) in [5.74, 6) is -0.833. The number of rotatable bonds is 8. The summed E-state index contributed by atoms with van der Waals surface area (Å²) in [5, 5.41) is 13.5. The van der Waals surface area contributed by atoms with E-state index in [4.69, 9.17) is 5.73 Å². The Balaban J connectivity index is 0.00000338. The van der Waals surface area contributed by atoms with Gasteiger partial charge in [-0.25, -0.2) is 4.39 Å². The van der Waals surface area contributed by atoms with Crippen molar-refractivity contribution in [1.82, 2.24) is 5.32 Å². The normalized spacial score (nSPS) is 12.3. The smallest absolute Gasteiger partial charge is 0.248 e. The minimum absolute atomic E-state index is 0. The van der Waals surface area contributed by atoms with E-state index in [1.54, 1.807) is 30.3 Å². The van der Waals surface area contributed by atoms with Crippen LogP contribution in [0.3, 0.4) is 0 Å². The van der Waals surface area contributed by atoms with E-state index in [1.807, 2.05) is 26.0 Å². The van der Waals surface area contributed by atoms with Gasteiger partial charge < -0.3 is 16.2 Å². The average molecular weight is 381 g/mol. The number of nitrogens with one attached hydrogen (secondary N) is 1. The second-order valence-corrected chi connectivity index (χ2v) is 6.86. The molecule has 0 spiro atoms. The highest BCUT2D eigenvalue weighted by Gasteiger charge is 2.20. The summed E-state index contributed by atoms with van der Waals surface area (Å²) in [4.78, 5) is 11.1. The molecule has 0 aromatic heterocycles. The maximum absolute atomic E-state index is 13.7. The zero-order chi connectivity index (χ0) is 18.4. The molecule has 0 saturated carbocycles. The molecule has 1 unspecified atom stereocenters. The predicted molar refractivity (Wildman–Crippen MR) is 104 cm³/mol. The number of hydrogen-bond donors (Lipinski definition) is 3. The number of aliphatic hydroxyl groups is 1. The number of hydrogen-bond acceptors (Lipinski definition) is 3. The Labute approximate surface area is 160 Å². The number of aryl methyl sites for hydroxylation is 1. The van der Waals surface area contributed by atoms with Gasteiger partial charge in [-0.2, -0.15) is 0 Å². The first-order valence-corrected chi connectivity index (χ1v) is 8.35. The third-order valence-corrected chi connectivity index (χ3v) is 4.32. The van der Waals surface area contributed by atoms with Crippen LogP contribution in [0.2, 0.25) is 0 Å². The summed E-state index contributed by atoms with van der Waals surface area (Å²) < 4.78 is 13.7. The van der Waals surface area contributed by atoms with Crippen LogP contribution in [0, 0.1) is 5.82 Å². The maximum atomic E-state index is 13.7. The monoisotopic (exact) mass is 380 g/mol. The molecule has 4 nitrogen and oxygen atoms in total. The van der Waals surface area contributed by atoms with Crippen molar-refractivity contribution < 1.29 is 14.3 Å². The molecule has 0 bridgehead atoms. The van der Waals surface area contributed by atoms with Crippen molar-refractivity contribution in [1.29, 1.82) is 0 Å². The van der Waals surface area contributed by atoms with Crippen molar-refractivity contribution in [3.05, 3.63) is 71.0 Å². The van der Waals surface area contributed by atoms with Gasteiger partial charge in [-0.1, -0.05) is 30.3 Å². The quantitative estimate of drug-likeness (QED) is 0.657. The van der Waals surface area contributed by atoms with E-state index < -0.39 is 17.8 Å². The van der Waals surface area contributed by atoms with Crippen LogP contribution in [0.5, 0.6) is 0 Å². The van der Waals surface area contributed by atoms with Crippen molar-refractivity contribution in [2.24, 2.45) is 5.73 Å². The highest BCUT2D eigenvalue weighted by molar-refractivity contribution is 5.92. The van der Waals surface area contributed by atoms with E-state index in [0.29, 0.717) is 11.1 Å². The fraction of sp³-hybridized carbons (Fsp3) is 0.350. The number of carbonyl (C=O) groups excluding carboxylic acids is 1. The summed E-state index contributed by atoms with van der Waals surface area (Å²) in [5.41, 5.74) is 6.91. The van der Waals surface area contributed by atoms with Crippen LogP contribution in [0.15, 0.2) is 48.5 Å². The molecule has 142 valence electrons. The molecule has 0 heterocycles. The van der Waals surface area contributed by atoms with Crippen LogP contribution >= 0.6 is 12.4 Å². The Kier molecular flexibility index (Phi) is 8.21. The van der Waals surface area contributed by atoms with Crippen LogP contribution < -0.4 is 11.1 Å². The van der Waals surface area contributed by atoms with Crippen molar-refractivity contribution in [2.75, 3.05) is 6.54 Å². The number of benzene rings is 2. The topological polar surface area (TPSA) is 75.4 Å². The number of primary amides is 1. The van der Waals surface area contributed by atoms with Crippen molar-refractivity contribution in [2.45, 2.75) is 38.3 Å². The molecule has 2 aromatic carbocycles. The highest BCUT2D eigenvalue weighted by atomic mass is 35.5. The Morgan fingerprint density at radius 2 is 1.81 bits per heavy atom. The number of aliphatic hydroxyl groups excluding tert-OH is 1. The Hall–Kier alpha value is -1.95. The van der Waals surface area contributed by atoms with E-state index in [9.17, 15) is 14.3 Å². The summed E-state index contributed by atoms with van der Waals surface area (Å²) in [6.45, 7) is 4.35. The van der Waals surface area contributed by atoms with E-state index in [0.717, 1.165) is 18.4 Å². The van der Waals surface area contributed by atoms with Gasteiger partial charge in [-0.15, -0.1) is 12.4 Å². The number of amides is 1. The minimum Gasteiger partial charge on any atom is -0.387 e. The highest BCUT2D eigenvalue weighted by Crippen LogP contribution is 2.19. The summed E-state index contributed by atoms with van der Waals surface area (Å²) in [7, 11) is 0. The summed E-state index contributed by atoms with van der Waals surface area (Å²) in [6.07, 6.45) is 0.747. The third kappa shape index (κ3) is 6.41. The van der Waals surface area contributed by atoms with Crippen LogP contribution in [-0.4, -0.2) is 23.1 Å². The molecule has 1 atom stereocenters. The summed E-state index contributed by atoms with van der Waals surface area (Å²) in [6, 6.07) is 13.5. The zero-order valence-corrected chi connectivity index (χ0v) is 15.9. The molecule has 0 saturated heterocycles. The number of halogens is 2. The summed E-state index contributed by atoms with van der Waals surface area (Å²) >= 11 is 0. The van der Waals surface area contributed by atoms with Crippen LogP contribution in [0.25, 0.3) is 0 Å². The van der Waals surface area contributed by atoms with Crippen LogP contribution in [0.4, 0.5) is 4.39 Å². The van der Waals surface area contributed by atoms with E-state index in [1.165, 1.54) is 6.07 Å². The first-order valence-electron chi connectivity index (χ1n) is 8.35. The molecular formula is C20H26ClFN2O2. The van der Waals surface area contributed by atoms with Gasteiger partial charge in [0.25, 0.3) is 0 Å². The molecular weight excluding hydrogens is 355 g/mol. The Morgan fingerprint density at radius 3 is 2.38 bits per heavy atom. The predicted octanol–water partition coefficient (Wildman–Crippen LogP) is 3.38. The van der Waals surface area contributed by atoms with Gasteiger partial charge in [0.2, 0.25) is 5.91 Å². The molecule has 0 radical (unpaired) electrons. The molecule has 4 N–H and O–H groups in total. The zero-order valence-electron chi connectivity index (χ0n) is 15.0. The molecule has 2 aromatic rings.